The molecule has 0 aromatic rings. The Kier molecular flexibility index (Phi) is 5.64. The summed E-state index contributed by atoms with van der Waals surface area (Å²) in [5, 5.41) is 11.2. The van der Waals surface area contributed by atoms with Crippen LogP contribution in [0.3, 0.4) is 0 Å². The zero-order valence-corrected chi connectivity index (χ0v) is 7.26. The van der Waals surface area contributed by atoms with E-state index in [0.29, 0.717) is 0 Å². The minimum Gasteiger partial charge on any atom is -0.276 e. The molecule has 0 amide bonds. The highest BCUT2D eigenvalue weighted by Crippen LogP contribution is 2.02. The van der Waals surface area contributed by atoms with E-state index in [1.807, 2.05) is 18.7 Å². The Morgan fingerprint density at radius 3 is 2.00 bits per heavy atom. The van der Waals surface area contributed by atoms with Gasteiger partial charge in [-0.2, -0.15) is 0 Å². The van der Waals surface area contributed by atoms with Crippen LogP contribution in [0.5, 0.6) is 0 Å². The van der Waals surface area contributed by atoms with Crippen LogP contribution < -0.4 is 0 Å². The summed E-state index contributed by atoms with van der Waals surface area (Å²) < 4.78 is 0. The molecule has 10 heavy (non-hydrogen) atoms. The van der Waals surface area contributed by atoms with Crippen molar-refractivity contribution in [3.63, 3.8) is 0 Å². The summed E-state index contributed by atoms with van der Waals surface area (Å²) in [7, 11) is 0. The van der Waals surface area contributed by atoms with Crippen LogP contribution in [0.15, 0.2) is 0 Å². The summed E-state index contributed by atoms with van der Waals surface area (Å²) in [4.78, 5) is 1.95. The van der Waals surface area contributed by atoms with Gasteiger partial charge < -0.3 is 0 Å². The first kappa shape index (κ1) is 9.92. The van der Waals surface area contributed by atoms with Gasteiger partial charge in [0.15, 0.2) is 0 Å². The van der Waals surface area contributed by atoms with Crippen LogP contribution in [0.2, 0.25) is 0 Å². The van der Waals surface area contributed by atoms with Crippen molar-refractivity contribution >= 4 is 0 Å². The lowest BCUT2D eigenvalue weighted by molar-refractivity contribution is -0.0487. The third-order valence-electron chi connectivity index (χ3n) is 1.76. The van der Waals surface area contributed by atoms with Gasteiger partial charge in [0, 0.05) is 0 Å². The fourth-order valence-electron chi connectivity index (χ4n) is 1.06. The van der Waals surface area contributed by atoms with E-state index in [2.05, 4.69) is 6.92 Å². The van der Waals surface area contributed by atoms with E-state index < -0.39 is 6.23 Å². The standard InChI is InChI=1S/C8H18NO/c1-4-7-8(10)9(5-2)6-3/h8H,4-7H2,1-3H3. The number of rotatable bonds is 5. The predicted octanol–water partition coefficient (Wildman–Crippen LogP) is 1.88. The van der Waals surface area contributed by atoms with Crippen molar-refractivity contribution in [2.24, 2.45) is 0 Å². The summed E-state index contributed by atoms with van der Waals surface area (Å²) in [6.45, 7) is 7.87. The summed E-state index contributed by atoms with van der Waals surface area (Å²) in [5.74, 6) is 0. The van der Waals surface area contributed by atoms with E-state index in [0.717, 1.165) is 25.9 Å². The monoisotopic (exact) mass is 144 g/mol. The van der Waals surface area contributed by atoms with E-state index in [-0.39, 0.29) is 0 Å². The van der Waals surface area contributed by atoms with Crippen LogP contribution in [0.4, 0.5) is 0 Å². The normalized spacial score (nSPS) is 14.1. The zero-order valence-electron chi connectivity index (χ0n) is 7.26. The van der Waals surface area contributed by atoms with Crippen molar-refractivity contribution in [3.8, 4) is 0 Å². The van der Waals surface area contributed by atoms with E-state index >= 15 is 0 Å². The van der Waals surface area contributed by atoms with Gasteiger partial charge in [-0.05, 0) is 19.5 Å². The molecule has 2 nitrogen and oxygen atoms in total. The van der Waals surface area contributed by atoms with Crippen molar-refractivity contribution in [1.29, 1.82) is 0 Å². The molecule has 0 spiro atoms. The second-order valence-electron chi connectivity index (χ2n) is 2.46. The molecule has 0 heterocycles. The van der Waals surface area contributed by atoms with Gasteiger partial charge in [-0.15, -0.1) is 0 Å². The second kappa shape index (κ2) is 5.69. The quantitative estimate of drug-likeness (QED) is 0.540. The third-order valence-corrected chi connectivity index (χ3v) is 1.76. The number of nitrogens with zero attached hydrogens (tertiary/aromatic N) is 1. The third kappa shape index (κ3) is 3.18. The fourth-order valence-corrected chi connectivity index (χ4v) is 1.06. The molecule has 0 saturated carbocycles. The lowest BCUT2D eigenvalue weighted by Gasteiger charge is -2.22. The van der Waals surface area contributed by atoms with E-state index in [1.54, 1.807) is 0 Å². The van der Waals surface area contributed by atoms with Gasteiger partial charge in [-0.25, -0.2) is 5.11 Å². The van der Waals surface area contributed by atoms with Crippen molar-refractivity contribution in [2.45, 2.75) is 39.8 Å². The molecule has 1 unspecified atom stereocenters. The molecule has 0 aliphatic carbocycles. The molecule has 0 fully saturated rings. The Morgan fingerprint density at radius 2 is 1.70 bits per heavy atom. The number of hydrogen-bond donors (Lipinski definition) is 0. The van der Waals surface area contributed by atoms with E-state index in [9.17, 15) is 5.11 Å². The topological polar surface area (TPSA) is 23.1 Å². The molecule has 0 saturated heterocycles. The first-order valence-electron chi connectivity index (χ1n) is 4.16. The minimum absolute atomic E-state index is 0.472. The molecule has 0 aliphatic rings. The average Bonchev–Trinajstić information content (AvgIpc) is 1.91. The minimum atomic E-state index is -0.472. The van der Waals surface area contributed by atoms with E-state index in [4.69, 9.17) is 0 Å². The average molecular weight is 144 g/mol. The molecule has 0 rings (SSSR count). The maximum Gasteiger partial charge on any atom is 0.146 e. The summed E-state index contributed by atoms with van der Waals surface area (Å²) in [6, 6.07) is 0. The Balaban J connectivity index is 3.53. The molecule has 1 atom stereocenters. The van der Waals surface area contributed by atoms with Crippen molar-refractivity contribution in [3.05, 3.63) is 0 Å². The first-order valence-corrected chi connectivity index (χ1v) is 4.16. The van der Waals surface area contributed by atoms with E-state index in [1.165, 1.54) is 0 Å². The highest BCUT2D eigenvalue weighted by atomic mass is 16.3. The summed E-state index contributed by atoms with van der Waals surface area (Å²) >= 11 is 0. The van der Waals surface area contributed by atoms with Crippen LogP contribution in [-0.4, -0.2) is 24.2 Å². The zero-order chi connectivity index (χ0) is 7.98. The molecule has 1 radical (unpaired) electrons. The van der Waals surface area contributed by atoms with Gasteiger partial charge in [-0.3, -0.25) is 4.90 Å². The Morgan fingerprint density at radius 1 is 1.20 bits per heavy atom. The van der Waals surface area contributed by atoms with Crippen LogP contribution in [0.1, 0.15) is 33.6 Å². The van der Waals surface area contributed by atoms with Crippen LogP contribution in [0.25, 0.3) is 0 Å². The fraction of sp³-hybridized carbons (Fsp3) is 1.00. The summed E-state index contributed by atoms with van der Waals surface area (Å²) in [6.07, 6.45) is 1.30. The summed E-state index contributed by atoms with van der Waals surface area (Å²) in [5.41, 5.74) is 0. The molecule has 0 aliphatic heterocycles. The lowest BCUT2D eigenvalue weighted by atomic mass is 10.3. The maximum absolute atomic E-state index is 11.2. The molecular formula is C8H18NO. The van der Waals surface area contributed by atoms with Gasteiger partial charge in [0.25, 0.3) is 0 Å². The molecule has 0 bridgehead atoms. The van der Waals surface area contributed by atoms with Gasteiger partial charge in [0.05, 0.1) is 0 Å². The van der Waals surface area contributed by atoms with Gasteiger partial charge >= 0.3 is 0 Å². The Hall–Kier alpha value is -0.0800. The molecular weight excluding hydrogens is 126 g/mol. The lowest BCUT2D eigenvalue weighted by Crippen LogP contribution is -2.33. The predicted molar refractivity (Wildman–Crippen MR) is 42.3 cm³/mol. The molecule has 2 heteroatoms. The highest BCUT2D eigenvalue weighted by molar-refractivity contribution is 4.55. The van der Waals surface area contributed by atoms with Crippen LogP contribution in [0, 0.1) is 0 Å². The molecule has 61 valence electrons. The van der Waals surface area contributed by atoms with Crippen molar-refractivity contribution < 1.29 is 5.11 Å². The Labute approximate surface area is 63.8 Å². The van der Waals surface area contributed by atoms with Crippen molar-refractivity contribution in [2.75, 3.05) is 13.1 Å². The molecule has 0 N–H and O–H groups in total. The molecule has 0 aromatic carbocycles. The first-order chi connectivity index (χ1) is 4.76. The maximum atomic E-state index is 11.2. The van der Waals surface area contributed by atoms with Crippen molar-refractivity contribution in [1.82, 2.24) is 4.90 Å². The van der Waals surface area contributed by atoms with Gasteiger partial charge in [0.1, 0.15) is 6.23 Å². The SMILES string of the molecule is CCCC([O])N(CC)CC. The van der Waals surface area contributed by atoms with Crippen LogP contribution >= 0.6 is 0 Å². The highest BCUT2D eigenvalue weighted by Gasteiger charge is 2.11. The van der Waals surface area contributed by atoms with Gasteiger partial charge in [-0.1, -0.05) is 27.2 Å². The Bertz CT molecular complexity index is 71.7. The number of hydrogen-bond acceptors (Lipinski definition) is 1. The van der Waals surface area contributed by atoms with Crippen LogP contribution in [-0.2, 0) is 5.11 Å². The largest absolute Gasteiger partial charge is 0.276 e. The molecule has 0 aromatic heterocycles. The second-order valence-corrected chi connectivity index (χ2v) is 2.46. The smallest absolute Gasteiger partial charge is 0.146 e. The van der Waals surface area contributed by atoms with Gasteiger partial charge in [0.2, 0.25) is 0 Å².